The van der Waals surface area contributed by atoms with Crippen molar-refractivity contribution in [2.45, 2.75) is 148 Å². The molecule has 9 nitrogen and oxygen atoms in total. The van der Waals surface area contributed by atoms with Gasteiger partial charge in [-0.05, 0) is 209 Å². The number of rotatable bonds is 43. The molecule has 0 amide bonds. The van der Waals surface area contributed by atoms with Crippen molar-refractivity contribution in [1.29, 1.82) is 0 Å². The lowest BCUT2D eigenvalue weighted by atomic mass is 9.69. The Labute approximate surface area is 445 Å². The molecule has 0 radical (unpaired) electrons. The van der Waals surface area contributed by atoms with Crippen molar-refractivity contribution in [2.24, 2.45) is 29.6 Å². The van der Waals surface area contributed by atoms with Gasteiger partial charge in [0, 0.05) is 110 Å². The maximum atomic E-state index is 6.16. The van der Waals surface area contributed by atoms with Crippen LogP contribution in [0, 0.1) is 29.6 Å². The highest BCUT2D eigenvalue weighted by molar-refractivity contribution is 9.27. The molecule has 0 saturated heterocycles. The fourth-order valence-corrected chi connectivity index (χ4v) is 42.2. The summed E-state index contributed by atoms with van der Waals surface area (Å²) in [5.74, 6) is 8.36. The summed E-state index contributed by atoms with van der Waals surface area (Å²) in [6, 6.07) is 2.61. The zero-order valence-electron chi connectivity index (χ0n) is 40.6. The predicted molar refractivity (Wildman–Crippen MR) is 311 cm³/mol. The van der Waals surface area contributed by atoms with Crippen LogP contribution in [0.4, 0.5) is 0 Å². The van der Waals surface area contributed by atoms with Gasteiger partial charge in [-0.15, -0.1) is 0 Å². The molecule has 0 aromatic heterocycles. The Hall–Kier alpha value is 4.49. The van der Waals surface area contributed by atoms with Gasteiger partial charge in [-0.2, -0.15) is 0 Å². The summed E-state index contributed by atoms with van der Waals surface area (Å²) >= 11 is 0. The van der Waals surface area contributed by atoms with Gasteiger partial charge in [0.15, 0.2) is 0 Å². The van der Waals surface area contributed by atoms with Gasteiger partial charge in [0.25, 0.3) is 0 Å². The van der Waals surface area contributed by atoms with Gasteiger partial charge in [-0.3, -0.25) is 0 Å². The normalized spacial score (nSPS) is 26.0. The van der Waals surface area contributed by atoms with Crippen molar-refractivity contribution >= 4 is 150 Å². The van der Waals surface area contributed by atoms with E-state index in [0.29, 0.717) is 69.0 Å². The van der Waals surface area contributed by atoms with E-state index >= 15 is 0 Å². The number of fused-ring (bicyclic) bond motifs is 4. The van der Waals surface area contributed by atoms with Gasteiger partial charge >= 0.3 is 26.4 Å². The van der Waals surface area contributed by atoms with Gasteiger partial charge in [-0.1, -0.05) is 64.8 Å². The second kappa shape index (κ2) is 34.2. The summed E-state index contributed by atoms with van der Waals surface area (Å²) in [5.41, 5.74) is 0. The maximum absolute atomic E-state index is 6.16. The molecule has 0 aromatic rings. The van der Waals surface area contributed by atoms with E-state index < -0.39 is 26.4 Å². The molecule has 0 spiro atoms. The summed E-state index contributed by atoms with van der Waals surface area (Å²) < 4.78 is 56.1. The quantitative estimate of drug-likeness (QED) is 0.0330. The number of hydrogen-bond donors (Lipinski definition) is 0. The van der Waals surface area contributed by atoms with Gasteiger partial charge in [-0.25, -0.2) is 0 Å². The molecule has 0 N–H and O–H groups in total. The van der Waals surface area contributed by atoms with Crippen LogP contribution in [0.15, 0.2) is 0 Å². The van der Waals surface area contributed by atoms with E-state index in [4.69, 9.17) is 39.8 Å². The second-order valence-corrected chi connectivity index (χ2v) is 43.7. The first-order valence-electron chi connectivity index (χ1n) is 24.3. The maximum Gasteiger partial charge on any atom is 0.501 e. The Morgan fingerprint density at radius 1 is 0.431 bits per heavy atom. The third-order valence-electron chi connectivity index (χ3n) is 12.7. The minimum atomic E-state index is -2.62. The molecule has 4 aliphatic carbocycles. The predicted octanol–water partition coefficient (Wildman–Crippen LogP) is 16.3. The molecule has 24 heteroatoms. The van der Waals surface area contributed by atoms with E-state index in [1.807, 2.05) is 134 Å². The fourth-order valence-electron chi connectivity index (χ4n) is 10.6. The van der Waals surface area contributed by atoms with Gasteiger partial charge in [0.05, 0.1) is 0 Å². The van der Waals surface area contributed by atoms with E-state index in [0.717, 1.165) is 71.4 Å². The summed E-state index contributed by atoms with van der Waals surface area (Å²) in [5, 5.41) is 0. The largest absolute Gasteiger partial charge is 0.501 e. The van der Waals surface area contributed by atoms with E-state index in [-0.39, 0.29) is 0 Å². The summed E-state index contributed by atoms with van der Waals surface area (Å²) in [7, 11) is 16.8. The van der Waals surface area contributed by atoms with Gasteiger partial charge in [0.2, 0.25) is 0 Å². The molecule has 0 heterocycles. The topological polar surface area (TPSA) is 83.1 Å². The van der Waals surface area contributed by atoms with Crippen LogP contribution < -0.4 is 0 Å². The van der Waals surface area contributed by atoms with Crippen molar-refractivity contribution in [2.75, 3.05) is 82.5 Å². The van der Waals surface area contributed by atoms with Crippen LogP contribution in [0.1, 0.15) is 120 Å². The van der Waals surface area contributed by atoms with Gasteiger partial charge in [0.1, 0.15) is 0 Å². The highest BCUT2D eigenvalue weighted by atomic mass is 33.7. The SMILES string of the molecule is CCO[Si](CCCSSSSCC(C1CC2CCC1(SSSSCC[Si](OCC)(OCC)OCC)C2)C1CC2CCC1(SSSSCC[Si](OCC)(OCC)OCC)C2)(OCC)OCC. The third-order valence-corrected chi connectivity index (χ3v) is 43.7. The summed E-state index contributed by atoms with van der Waals surface area (Å²) in [4.78, 5) is 0. The van der Waals surface area contributed by atoms with E-state index in [1.54, 1.807) is 0 Å². The second-order valence-electron chi connectivity index (χ2n) is 16.6. The average molecular weight is 1190 g/mol. The monoisotopic (exact) mass is 1190 g/mol. The standard InChI is InChI=1S/C41H82O9S12Si3/c1-10-42-63(43-11-2,44-12-3)27-19-24-51-57-60-54-34-37(38-30-35-20-22-40(38,32-35)55-61-58-52-25-28-64(45-13-4,46-14-5)47-15-6)39-31-36-21-23-41(39,33-36)56-62-59-53-26-29-65(48-16-7,49-17-8)50-18-9/h35-39H,10-34H2,1-9H3. The van der Waals surface area contributed by atoms with Crippen molar-refractivity contribution in [3.8, 4) is 0 Å². The fraction of sp³-hybridized carbons (Fsp3) is 1.00. The van der Waals surface area contributed by atoms with Crippen LogP contribution in [0.25, 0.3) is 0 Å². The minimum absolute atomic E-state index is 0.378. The lowest BCUT2D eigenvalue weighted by Crippen LogP contribution is -2.46. The molecule has 4 saturated carbocycles. The lowest BCUT2D eigenvalue weighted by Gasteiger charge is -2.46. The lowest BCUT2D eigenvalue weighted by molar-refractivity contribution is 0.0708. The Kier molecular flexibility index (Phi) is 32.7. The van der Waals surface area contributed by atoms with Crippen LogP contribution in [0.2, 0.25) is 18.1 Å². The average Bonchev–Trinajstić information content (AvgIpc) is 4.07. The third kappa shape index (κ3) is 19.5. The Bertz CT molecular complexity index is 1150. The zero-order chi connectivity index (χ0) is 46.9. The van der Waals surface area contributed by atoms with E-state index in [9.17, 15) is 0 Å². The summed E-state index contributed by atoms with van der Waals surface area (Å²) in [6.07, 6.45) is 12.3. The van der Waals surface area contributed by atoms with E-state index in [2.05, 4.69) is 52.0 Å². The van der Waals surface area contributed by atoms with E-state index in [1.165, 1.54) is 57.1 Å². The van der Waals surface area contributed by atoms with Crippen molar-refractivity contribution in [3.63, 3.8) is 0 Å². The highest BCUT2D eigenvalue weighted by Gasteiger charge is 2.62. The molecule has 6 atom stereocenters. The van der Waals surface area contributed by atoms with Crippen molar-refractivity contribution in [1.82, 2.24) is 0 Å². The molecular formula is C41H82O9S12Si3. The molecule has 0 aliphatic heterocycles. The zero-order valence-corrected chi connectivity index (χ0v) is 53.4. The van der Waals surface area contributed by atoms with Crippen LogP contribution in [0.3, 0.4) is 0 Å². The molecule has 4 bridgehead atoms. The van der Waals surface area contributed by atoms with Crippen LogP contribution in [-0.4, -0.2) is 118 Å². The Morgan fingerprint density at radius 3 is 1.14 bits per heavy atom. The van der Waals surface area contributed by atoms with Crippen LogP contribution in [-0.2, 0) is 39.8 Å². The molecular weight excluding hydrogens is 1110 g/mol. The van der Waals surface area contributed by atoms with Gasteiger partial charge < -0.3 is 39.8 Å². The smallest absolute Gasteiger partial charge is 0.374 e. The molecule has 4 rings (SSSR count). The van der Waals surface area contributed by atoms with Crippen molar-refractivity contribution in [3.05, 3.63) is 0 Å². The molecule has 4 aliphatic rings. The first-order chi connectivity index (χ1) is 31.6. The molecule has 65 heavy (non-hydrogen) atoms. The molecule has 0 aromatic carbocycles. The Balaban J connectivity index is 1.39. The first kappa shape index (κ1) is 62.0. The van der Waals surface area contributed by atoms with Crippen LogP contribution >= 0.6 is 124 Å². The minimum Gasteiger partial charge on any atom is -0.374 e. The summed E-state index contributed by atoms with van der Waals surface area (Å²) in [6.45, 7) is 24.1. The molecule has 6 unspecified atom stereocenters. The van der Waals surface area contributed by atoms with Crippen LogP contribution in [0.5, 0.6) is 0 Å². The first-order valence-corrected chi connectivity index (χ1v) is 45.2. The molecule has 4 fully saturated rings. The highest BCUT2D eigenvalue weighted by Crippen LogP contribution is 2.71. The number of hydrogen-bond acceptors (Lipinski definition) is 21. The van der Waals surface area contributed by atoms with Crippen molar-refractivity contribution < 1.29 is 39.8 Å². The Morgan fingerprint density at radius 2 is 0.769 bits per heavy atom. The molecule has 384 valence electrons.